The quantitative estimate of drug-likeness (QED) is 0.813. The van der Waals surface area contributed by atoms with E-state index in [-0.39, 0.29) is 26.4 Å². The van der Waals surface area contributed by atoms with Crippen LogP contribution in [-0.4, -0.2) is 36.6 Å². The van der Waals surface area contributed by atoms with Crippen molar-refractivity contribution >= 4 is 10.8 Å². The lowest BCUT2D eigenvalue weighted by Crippen LogP contribution is -2.06. The van der Waals surface area contributed by atoms with Crippen molar-refractivity contribution in [3.63, 3.8) is 0 Å². The molecule has 0 heterocycles. The molecule has 20 heavy (non-hydrogen) atoms. The fraction of sp³-hybridized carbons (Fsp3) is 0.375. The number of rotatable bonds is 7. The minimum atomic E-state index is -0.0153. The first-order valence-corrected chi connectivity index (χ1v) is 6.83. The van der Waals surface area contributed by atoms with Crippen LogP contribution >= 0.6 is 0 Å². The zero-order valence-corrected chi connectivity index (χ0v) is 11.6. The van der Waals surface area contributed by atoms with E-state index in [1.165, 1.54) is 0 Å². The van der Waals surface area contributed by atoms with Crippen molar-refractivity contribution in [1.82, 2.24) is 0 Å². The molecule has 0 fully saturated rings. The van der Waals surface area contributed by atoms with Crippen molar-refractivity contribution < 1.29 is 19.7 Å². The van der Waals surface area contributed by atoms with Gasteiger partial charge in [0.25, 0.3) is 0 Å². The molecule has 2 aromatic carbocycles. The number of aliphatic hydroxyl groups excluding tert-OH is 2. The lowest BCUT2D eigenvalue weighted by atomic mass is 10.0. The number of aryl methyl sites for hydroxylation is 1. The highest BCUT2D eigenvalue weighted by Crippen LogP contribution is 2.37. The average molecular weight is 276 g/mol. The Bertz CT molecular complexity index is 566. The highest BCUT2D eigenvalue weighted by molar-refractivity contribution is 5.94. The van der Waals surface area contributed by atoms with Crippen molar-refractivity contribution in [3.05, 3.63) is 35.9 Å². The molecule has 0 aromatic heterocycles. The Morgan fingerprint density at radius 3 is 2.25 bits per heavy atom. The molecule has 4 heteroatoms. The summed E-state index contributed by atoms with van der Waals surface area (Å²) in [5, 5.41) is 19.8. The van der Waals surface area contributed by atoms with Gasteiger partial charge >= 0.3 is 0 Å². The number of fused-ring (bicyclic) bond motifs is 1. The summed E-state index contributed by atoms with van der Waals surface area (Å²) in [4.78, 5) is 0. The van der Waals surface area contributed by atoms with E-state index >= 15 is 0 Å². The van der Waals surface area contributed by atoms with Gasteiger partial charge in [-0.1, -0.05) is 31.2 Å². The van der Waals surface area contributed by atoms with Crippen LogP contribution < -0.4 is 9.47 Å². The molecule has 0 aliphatic heterocycles. The predicted octanol–water partition coefficient (Wildman–Crippen LogP) is 2.14. The standard InChI is InChI=1S/C16H20O4/c1-2-12-11-15(19-9-7-17)13-5-3-4-6-14(13)16(12)20-10-8-18/h3-6,11,17-18H,2,7-10H2,1H3. The van der Waals surface area contributed by atoms with E-state index in [1.54, 1.807) is 0 Å². The van der Waals surface area contributed by atoms with E-state index in [1.807, 2.05) is 37.3 Å². The fourth-order valence-corrected chi connectivity index (χ4v) is 2.23. The van der Waals surface area contributed by atoms with Gasteiger partial charge in [-0.3, -0.25) is 0 Å². The van der Waals surface area contributed by atoms with Crippen LogP contribution in [-0.2, 0) is 6.42 Å². The third-order valence-electron chi connectivity index (χ3n) is 3.10. The zero-order valence-electron chi connectivity index (χ0n) is 11.6. The Morgan fingerprint density at radius 1 is 0.950 bits per heavy atom. The highest BCUT2D eigenvalue weighted by atomic mass is 16.5. The molecular weight excluding hydrogens is 256 g/mol. The Labute approximate surface area is 118 Å². The Morgan fingerprint density at radius 2 is 1.60 bits per heavy atom. The van der Waals surface area contributed by atoms with Crippen LogP contribution in [0.2, 0.25) is 0 Å². The monoisotopic (exact) mass is 276 g/mol. The van der Waals surface area contributed by atoms with Gasteiger partial charge in [0.15, 0.2) is 0 Å². The normalized spacial score (nSPS) is 10.8. The number of hydrogen-bond acceptors (Lipinski definition) is 4. The summed E-state index contributed by atoms with van der Waals surface area (Å²) >= 11 is 0. The second-order valence-electron chi connectivity index (χ2n) is 4.41. The molecule has 2 N–H and O–H groups in total. The van der Waals surface area contributed by atoms with E-state index in [9.17, 15) is 0 Å². The summed E-state index contributed by atoms with van der Waals surface area (Å²) in [6.07, 6.45) is 0.807. The van der Waals surface area contributed by atoms with Crippen LogP contribution in [0.3, 0.4) is 0 Å². The highest BCUT2D eigenvalue weighted by Gasteiger charge is 2.13. The Hall–Kier alpha value is -1.78. The third kappa shape index (κ3) is 3.03. The maximum Gasteiger partial charge on any atom is 0.130 e. The van der Waals surface area contributed by atoms with Gasteiger partial charge in [0.1, 0.15) is 24.7 Å². The second-order valence-corrected chi connectivity index (χ2v) is 4.41. The summed E-state index contributed by atoms with van der Waals surface area (Å²) in [6, 6.07) is 9.78. The summed E-state index contributed by atoms with van der Waals surface area (Å²) in [7, 11) is 0. The van der Waals surface area contributed by atoms with Gasteiger partial charge in [0.05, 0.1) is 13.2 Å². The van der Waals surface area contributed by atoms with Gasteiger partial charge in [0, 0.05) is 10.8 Å². The molecule has 2 aromatic rings. The van der Waals surface area contributed by atoms with Gasteiger partial charge in [-0.25, -0.2) is 0 Å². The molecule has 0 atom stereocenters. The summed E-state index contributed by atoms with van der Waals surface area (Å²) in [5.41, 5.74) is 1.03. The van der Waals surface area contributed by atoms with Crippen molar-refractivity contribution in [2.24, 2.45) is 0 Å². The number of benzene rings is 2. The van der Waals surface area contributed by atoms with Gasteiger partial charge < -0.3 is 19.7 Å². The van der Waals surface area contributed by atoms with Gasteiger partial charge in [0.2, 0.25) is 0 Å². The molecule has 0 aliphatic rings. The van der Waals surface area contributed by atoms with Gasteiger partial charge in [-0.15, -0.1) is 0 Å². The lowest BCUT2D eigenvalue weighted by Gasteiger charge is -2.16. The van der Waals surface area contributed by atoms with Crippen molar-refractivity contribution in [3.8, 4) is 11.5 Å². The molecule has 0 spiro atoms. The number of hydrogen-bond donors (Lipinski definition) is 2. The maximum atomic E-state index is 8.96. The topological polar surface area (TPSA) is 58.9 Å². The molecular formula is C16H20O4. The predicted molar refractivity (Wildman–Crippen MR) is 78.5 cm³/mol. The number of aliphatic hydroxyl groups is 2. The molecule has 0 aliphatic carbocycles. The van der Waals surface area contributed by atoms with Crippen molar-refractivity contribution in [2.75, 3.05) is 26.4 Å². The molecule has 0 saturated carbocycles. The average Bonchev–Trinajstić information content (AvgIpc) is 2.50. The lowest BCUT2D eigenvalue weighted by molar-refractivity contribution is 0.199. The molecule has 0 saturated heterocycles. The van der Waals surface area contributed by atoms with Crippen LogP contribution in [0.4, 0.5) is 0 Å². The Balaban J connectivity index is 2.54. The fourth-order valence-electron chi connectivity index (χ4n) is 2.23. The van der Waals surface area contributed by atoms with Gasteiger partial charge in [-0.05, 0) is 18.1 Å². The molecule has 0 unspecified atom stereocenters. The van der Waals surface area contributed by atoms with Crippen LogP contribution in [0.25, 0.3) is 10.8 Å². The van der Waals surface area contributed by atoms with E-state index in [0.717, 1.165) is 34.3 Å². The molecule has 0 bridgehead atoms. The van der Waals surface area contributed by atoms with Crippen LogP contribution in [0.15, 0.2) is 30.3 Å². The first-order valence-electron chi connectivity index (χ1n) is 6.83. The van der Waals surface area contributed by atoms with Crippen LogP contribution in [0, 0.1) is 0 Å². The van der Waals surface area contributed by atoms with E-state index < -0.39 is 0 Å². The maximum absolute atomic E-state index is 8.96. The summed E-state index contributed by atoms with van der Waals surface area (Å²) in [5.74, 6) is 1.55. The largest absolute Gasteiger partial charge is 0.491 e. The van der Waals surface area contributed by atoms with E-state index in [2.05, 4.69) is 0 Å². The molecule has 108 valence electrons. The number of ether oxygens (including phenoxy) is 2. The minimum absolute atomic E-state index is 0.0136. The zero-order chi connectivity index (χ0) is 14.4. The minimum Gasteiger partial charge on any atom is -0.491 e. The Kier molecular flexibility index (Phi) is 5.21. The molecule has 4 nitrogen and oxygen atoms in total. The SMILES string of the molecule is CCc1cc(OCCO)c2ccccc2c1OCCO. The smallest absolute Gasteiger partial charge is 0.130 e. The van der Waals surface area contributed by atoms with Crippen LogP contribution in [0.1, 0.15) is 12.5 Å². The molecule has 0 amide bonds. The van der Waals surface area contributed by atoms with Crippen molar-refractivity contribution in [1.29, 1.82) is 0 Å². The molecule has 2 rings (SSSR count). The van der Waals surface area contributed by atoms with E-state index in [4.69, 9.17) is 19.7 Å². The van der Waals surface area contributed by atoms with Crippen LogP contribution in [0.5, 0.6) is 11.5 Å². The van der Waals surface area contributed by atoms with E-state index in [0.29, 0.717) is 0 Å². The third-order valence-corrected chi connectivity index (χ3v) is 3.10. The summed E-state index contributed by atoms with van der Waals surface area (Å²) < 4.78 is 11.3. The van der Waals surface area contributed by atoms with Crippen molar-refractivity contribution in [2.45, 2.75) is 13.3 Å². The first kappa shape index (κ1) is 14.6. The second kappa shape index (κ2) is 7.12. The first-order chi connectivity index (χ1) is 9.81. The summed E-state index contributed by atoms with van der Waals surface area (Å²) in [6.45, 7) is 2.56. The van der Waals surface area contributed by atoms with Gasteiger partial charge in [-0.2, -0.15) is 0 Å². The molecule has 0 radical (unpaired) electrons.